The zero-order chi connectivity index (χ0) is 24.1. The Morgan fingerprint density at radius 1 is 1.09 bits per heavy atom. The minimum atomic E-state index is -0.150. The molecule has 1 aromatic heterocycles. The highest BCUT2D eigenvalue weighted by molar-refractivity contribution is 5.97. The Kier molecular flexibility index (Phi) is 8.39. The zero-order valence-electron chi connectivity index (χ0n) is 21.3. The van der Waals surface area contributed by atoms with Crippen molar-refractivity contribution in [2.45, 2.75) is 79.7 Å². The number of nitrogens with one attached hydrogen (secondary N) is 2. The molecule has 0 bridgehead atoms. The van der Waals surface area contributed by atoms with Crippen LogP contribution in [0, 0.1) is 32.6 Å². The molecule has 5 heteroatoms. The van der Waals surface area contributed by atoms with E-state index in [-0.39, 0.29) is 18.0 Å². The lowest BCUT2D eigenvalue weighted by atomic mass is 9.99. The van der Waals surface area contributed by atoms with Crippen LogP contribution in [0.4, 0.5) is 5.69 Å². The predicted octanol–water partition coefficient (Wildman–Crippen LogP) is 5.45. The third kappa shape index (κ3) is 6.27. The van der Waals surface area contributed by atoms with Gasteiger partial charge in [0.1, 0.15) is 0 Å². The van der Waals surface area contributed by atoms with Gasteiger partial charge in [-0.2, -0.15) is 0 Å². The van der Waals surface area contributed by atoms with Crippen molar-refractivity contribution in [2.24, 2.45) is 11.8 Å². The molecule has 2 aliphatic carbocycles. The number of H-pyrrole nitrogens is 1. The number of hydrogen-bond acceptors (Lipinski definition) is 3. The van der Waals surface area contributed by atoms with Crippen molar-refractivity contribution in [3.8, 4) is 0 Å². The molecule has 1 unspecified atom stereocenters. The Morgan fingerprint density at radius 3 is 2.30 bits per heavy atom. The molecule has 0 radical (unpaired) electrons. The molecule has 1 amide bonds. The van der Waals surface area contributed by atoms with E-state index in [9.17, 15) is 9.59 Å². The maximum Gasteiger partial charge on any atom is 0.253 e. The number of fused-ring (bicyclic) bond motifs is 1. The van der Waals surface area contributed by atoms with Crippen molar-refractivity contribution in [1.29, 1.82) is 0 Å². The molecule has 2 saturated carbocycles. The topological polar surface area (TPSA) is 65.2 Å². The van der Waals surface area contributed by atoms with Crippen LogP contribution in [-0.4, -0.2) is 24.5 Å². The molecule has 0 aliphatic heterocycles. The van der Waals surface area contributed by atoms with Gasteiger partial charge in [0.2, 0.25) is 0 Å². The summed E-state index contributed by atoms with van der Waals surface area (Å²) in [6.45, 7) is 11.0. The number of nitrogens with zero attached hydrogens (tertiary/aromatic N) is 1. The molecule has 0 saturated heterocycles. The van der Waals surface area contributed by atoms with Crippen LogP contribution in [0.1, 0.15) is 84.3 Å². The number of rotatable bonds is 6. The van der Waals surface area contributed by atoms with Crippen LogP contribution >= 0.6 is 0 Å². The van der Waals surface area contributed by atoms with Crippen molar-refractivity contribution in [3.63, 3.8) is 0 Å². The summed E-state index contributed by atoms with van der Waals surface area (Å²) in [5.41, 5.74) is 5.98. The van der Waals surface area contributed by atoms with E-state index in [1.54, 1.807) is 19.3 Å². The first-order chi connectivity index (χ1) is 15.7. The summed E-state index contributed by atoms with van der Waals surface area (Å²) in [6, 6.07) is 6.01. The van der Waals surface area contributed by atoms with Gasteiger partial charge in [-0.1, -0.05) is 32.6 Å². The van der Waals surface area contributed by atoms with Gasteiger partial charge in [-0.05, 0) is 87.3 Å². The van der Waals surface area contributed by atoms with Crippen LogP contribution in [-0.2, 0) is 13.0 Å². The molecule has 2 atom stereocenters. The van der Waals surface area contributed by atoms with Gasteiger partial charge in [0.15, 0.2) is 0 Å². The summed E-state index contributed by atoms with van der Waals surface area (Å²) in [6.07, 6.45) is 8.62. The number of carbonyl (C=O) groups is 1. The number of hydrogen-bond donors (Lipinski definition) is 2. The van der Waals surface area contributed by atoms with Gasteiger partial charge in [-0.15, -0.1) is 0 Å². The minimum Gasteiger partial charge on any atom is -0.375 e. The zero-order valence-corrected chi connectivity index (χ0v) is 21.3. The maximum absolute atomic E-state index is 12.8. The first kappa shape index (κ1) is 25.1. The van der Waals surface area contributed by atoms with Crippen molar-refractivity contribution in [2.75, 3.05) is 18.5 Å². The standard InChI is InChI=1S/C21H29N3O2.C7H12/c1-7-16-10-17(15(5)19(11-16)24(6)8-2)20(25)22-12-18-13(3)9-14(4)23-21(18)26;1-2-4-7-5-6(7)3-1/h9-11H,7-8,12H2,1-6H3,(H,22,25)(H,23,26);6-7H,1-5H2/t;6-,7?/m.1/s1. The first-order valence-electron chi connectivity index (χ1n) is 12.6. The Bertz CT molecular complexity index is 1030. The third-order valence-corrected chi connectivity index (χ3v) is 7.37. The van der Waals surface area contributed by atoms with Gasteiger partial charge in [0.25, 0.3) is 11.5 Å². The number of pyridine rings is 1. The second kappa shape index (κ2) is 11.0. The SMILES string of the molecule is C1CC[C@@H]2CC2C1.CCc1cc(C(=O)NCc2c(C)cc(C)[nH]c2=O)c(C)c(N(C)CC)c1. The Balaban J connectivity index is 0.000000364. The van der Waals surface area contributed by atoms with Gasteiger partial charge >= 0.3 is 0 Å². The molecule has 5 nitrogen and oxygen atoms in total. The summed E-state index contributed by atoms with van der Waals surface area (Å²) in [7, 11) is 2.03. The monoisotopic (exact) mass is 451 g/mol. The highest BCUT2D eigenvalue weighted by atomic mass is 16.1. The summed E-state index contributed by atoms with van der Waals surface area (Å²) in [5, 5.41) is 2.92. The maximum atomic E-state index is 12.8. The van der Waals surface area contributed by atoms with Crippen molar-refractivity contribution >= 4 is 11.6 Å². The summed E-state index contributed by atoms with van der Waals surface area (Å²) < 4.78 is 0. The average molecular weight is 452 g/mol. The van der Waals surface area contributed by atoms with E-state index in [1.165, 1.54) is 24.7 Å². The summed E-state index contributed by atoms with van der Waals surface area (Å²) >= 11 is 0. The molecular formula is C28H41N3O2. The van der Waals surface area contributed by atoms with Crippen LogP contribution in [0.3, 0.4) is 0 Å². The van der Waals surface area contributed by atoms with Crippen LogP contribution in [0.25, 0.3) is 0 Å². The van der Waals surface area contributed by atoms with Gasteiger partial charge in [0, 0.05) is 42.6 Å². The molecule has 180 valence electrons. The minimum absolute atomic E-state index is 0.145. The molecule has 2 fully saturated rings. The van der Waals surface area contributed by atoms with Crippen LogP contribution < -0.4 is 15.8 Å². The Morgan fingerprint density at radius 2 is 1.76 bits per heavy atom. The molecule has 33 heavy (non-hydrogen) atoms. The van der Waals surface area contributed by atoms with Crippen LogP contribution in [0.2, 0.25) is 0 Å². The third-order valence-electron chi connectivity index (χ3n) is 7.37. The van der Waals surface area contributed by atoms with Gasteiger partial charge < -0.3 is 15.2 Å². The fraction of sp³-hybridized carbons (Fsp3) is 0.571. The highest BCUT2D eigenvalue weighted by Crippen LogP contribution is 2.49. The number of anilines is 1. The van der Waals surface area contributed by atoms with E-state index in [0.717, 1.165) is 41.0 Å². The van der Waals surface area contributed by atoms with Gasteiger partial charge in [-0.3, -0.25) is 9.59 Å². The second-order valence-electron chi connectivity index (χ2n) is 9.82. The molecular weight excluding hydrogens is 410 g/mol. The fourth-order valence-electron chi connectivity index (χ4n) is 4.96. The van der Waals surface area contributed by atoms with Crippen LogP contribution in [0.5, 0.6) is 0 Å². The molecule has 2 aliphatic rings. The van der Waals surface area contributed by atoms with Crippen molar-refractivity contribution in [1.82, 2.24) is 10.3 Å². The molecule has 1 aromatic carbocycles. The number of amides is 1. The van der Waals surface area contributed by atoms with E-state index in [1.807, 2.05) is 40.0 Å². The molecule has 2 N–H and O–H groups in total. The van der Waals surface area contributed by atoms with Crippen molar-refractivity contribution in [3.05, 3.63) is 62.1 Å². The fourth-order valence-corrected chi connectivity index (χ4v) is 4.96. The van der Waals surface area contributed by atoms with E-state index in [4.69, 9.17) is 0 Å². The highest BCUT2D eigenvalue weighted by Gasteiger charge is 2.37. The summed E-state index contributed by atoms with van der Waals surface area (Å²) in [4.78, 5) is 29.9. The van der Waals surface area contributed by atoms with E-state index >= 15 is 0 Å². The summed E-state index contributed by atoms with van der Waals surface area (Å²) in [5.74, 6) is 2.26. The lowest BCUT2D eigenvalue weighted by Crippen LogP contribution is -2.29. The molecule has 0 spiro atoms. The normalized spacial score (nSPS) is 18.6. The molecule has 4 rings (SSSR count). The van der Waals surface area contributed by atoms with E-state index in [2.05, 4.69) is 35.1 Å². The Hall–Kier alpha value is -2.56. The Labute approximate surface area is 199 Å². The molecule has 2 aromatic rings. The smallest absolute Gasteiger partial charge is 0.253 e. The van der Waals surface area contributed by atoms with Crippen molar-refractivity contribution < 1.29 is 4.79 Å². The van der Waals surface area contributed by atoms with Gasteiger partial charge in [0.05, 0.1) is 0 Å². The quantitative estimate of drug-likeness (QED) is 0.614. The number of aryl methyl sites for hydroxylation is 3. The number of aromatic amines is 1. The lowest BCUT2D eigenvalue weighted by Gasteiger charge is -2.22. The number of benzene rings is 1. The number of aromatic nitrogens is 1. The molecule has 1 heterocycles. The average Bonchev–Trinajstić information content (AvgIpc) is 3.58. The van der Waals surface area contributed by atoms with Crippen LogP contribution in [0.15, 0.2) is 23.0 Å². The predicted molar refractivity (Wildman–Crippen MR) is 137 cm³/mol. The van der Waals surface area contributed by atoms with E-state index < -0.39 is 0 Å². The second-order valence-corrected chi connectivity index (χ2v) is 9.82. The van der Waals surface area contributed by atoms with E-state index in [0.29, 0.717) is 11.1 Å². The van der Waals surface area contributed by atoms with Gasteiger partial charge in [-0.25, -0.2) is 0 Å². The first-order valence-corrected chi connectivity index (χ1v) is 12.6. The largest absolute Gasteiger partial charge is 0.375 e. The lowest BCUT2D eigenvalue weighted by molar-refractivity contribution is 0.0950. The number of carbonyl (C=O) groups excluding carboxylic acids is 1.